The summed E-state index contributed by atoms with van der Waals surface area (Å²) in [6.07, 6.45) is 0. The van der Waals surface area contributed by atoms with E-state index in [2.05, 4.69) is 0 Å². The number of carbonyl (C=O) groups excluding carboxylic acids is 2. The van der Waals surface area contributed by atoms with Crippen molar-refractivity contribution in [2.75, 3.05) is 0 Å². The molecule has 36 heavy (non-hydrogen) atoms. The molecule has 0 radical (unpaired) electrons. The molecule has 0 N–H and O–H groups in total. The van der Waals surface area contributed by atoms with Crippen LogP contribution in [0.4, 0.5) is 17.6 Å². The number of halogens is 4. The predicted octanol–water partition coefficient (Wildman–Crippen LogP) is 6.99. The molecule has 5 aromatic carbocycles. The molecule has 5 aromatic rings. The molecular formula is C28H14F4O4. The van der Waals surface area contributed by atoms with E-state index >= 15 is 0 Å². The third-order valence-corrected chi connectivity index (χ3v) is 5.47. The largest absolute Gasteiger partial charge is 0.423 e. The predicted molar refractivity (Wildman–Crippen MR) is 124 cm³/mol. The highest BCUT2D eigenvalue weighted by atomic mass is 19.2. The van der Waals surface area contributed by atoms with Crippen LogP contribution in [-0.4, -0.2) is 11.9 Å². The first kappa shape index (κ1) is 23.0. The summed E-state index contributed by atoms with van der Waals surface area (Å²) < 4.78 is 63.7. The maximum absolute atomic E-state index is 13.4. The van der Waals surface area contributed by atoms with Gasteiger partial charge in [0, 0.05) is 0 Å². The van der Waals surface area contributed by atoms with Gasteiger partial charge in [0.05, 0.1) is 11.1 Å². The number of ether oxygens (including phenoxy) is 2. The molecule has 0 spiro atoms. The molecule has 0 aliphatic heterocycles. The first-order valence-electron chi connectivity index (χ1n) is 10.6. The van der Waals surface area contributed by atoms with Crippen molar-refractivity contribution in [1.82, 2.24) is 0 Å². The fourth-order valence-corrected chi connectivity index (χ4v) is 3.66. The highest BCUT2D eigenvalue weighted by Gasteiger charge is 2.14. The van der Waals surface area contributed by atoms with Crippen LogP contribution in [0.2, 0.25) is 0 Å². The van der Waals surface area contributed by atoms with Gasteiger partial charge >= 0.3 is 11.9 Å². The van der Waals surface area contributed by atoms with Crippen molar-refractivity contribution in [3.63, 3.8) is 0 Å². The van der Waals surface area contributed by atoms with Crippen LogP contribution in [0.25, 0.3) is 21.5 Å². The van der Waals surface area contributed by atoms with E-state index in [0.717, 1.165) is 47.2 Å². The van der Waals surface area contributed by atoms with Gasteiger partial charge in [0.25, 0.3) is 0 Å². The van der Waals surface area contributed by atoms with Gasteiger partial charge in [-0.05, 0) is 94.3 Å². The van der Waals surface area contributed by atoms with Crippen molar-refractivity contribution in [3.8, 4) is 11.5 Å². The van der Waals surface area contributed by atoms with Crippen LogP contribution in [0.1, 0.15) is 20.7 Å². The standard InChI is InChI=1S/C28H14F4O4/c29-23-7-3-17(13-25(23)31)27(33)35-21-5-1-15-9-16-2-6-22(12-20(16)10-19(15)11-21)36-28(34)18-4-8-24(30)26(32)14-18/h1-14H. The van der Waals surface area contributed by atoms with Gasteiger partial charge in [-0.15, -0.1) is 0 Å². The quantitative estimate of drug-likeness (QED) is 0.118. The number of hydrogen-bond donors (Lipinski definition) is 0. The van der Waals surface area contributed by atoms with Crippen molar-refractivity contribution < 1.29 is 36.6 Å². The Morgan fingerprint density at radius 1 is 0.444 bits per heavy atom. The summed E-state index contributed by atoms with van der Waals surface area (Å²) in [6, 6.07) is 18.9. The first-order valence-corrected chi connectivity index (χ1v) is 10.6. The molecule has 0 aliphatic carbocycles. The Hall–Kier alpha value is -4.72. The minimum absolute atomic E-state index is 0.139. The molecule has 0 saturated heterocycles. The van der Waals surface area contributed by atoms with Crippen molar-refractivity contribution in [1.29, 1.82) is 0 Å². The van der Waals surface area contributed by atoms with E-state index in [4.69, 9.17) is 9.47 Å². The molecule has 0 heterocycles. The van der Waals surface area contributed by atoms with E-state index in [1.165, 1.54) is 0 Å². The zero-order chi connectivity index (χ0) is 25.4. The molecule has 8 heteroatoms. The fraction of sp³-hybridized carbons (Fsp3) is 0. The third-order valence-electron chi connectivity index (χ3n) is 5.47. The number of fused-ring (bicyclic) bond motifs is 2. The molecule has 0 bridgehead atoms. The van der Waals surface area contributed by atoms with Crippen LogP contribution >= 0.6 is 0 Å². The Morgan fingerprint density at radius 2 is 0.861 bits per heavy atom. The number of carbonyl (C=O) groups is 2. The van der Waals surface area contributed by atoms with Crippen LogP contribution in [0.5, 0.6) is 11.5 Å². The zero-order valence-corrected chi connectivity index (χ0v) is 18.2. The molecular weight excluding hydrogens is 476 g/mol. The highest BCUT2D eigenvalue weighted by Crippen LogP contribution is 2.29. The molecule has 0 aliphatic rings. The molecule has 0 amide bonds. The van der Waals surface area contributed by atoms with Gasteiger partial charge in [0.15, 0.2) is 23.3 Å². The number of benzene rings is 5. The minimum Gasteiger partial charge on any atom is -0.423 e. The van der Waals surface area contributed by atoms with E-state index in [1.54, 1.807) is 42.5 Å². The maximum Gasteiger partial charge on any atom is 0.343 e. The first-order chi connectivity index (χ1) is 17.3. The van der Waals surface area contributed by atoms with E-state index in [-0.39, 0.29) is 22.6 Å². The van der Waals surface area contributed by atoms with Gasteiger partial charge in [-0.1, -0.05) is 12.1 Å². The average molecular weight is 490 g/mol. The van der Waals surface area contributed by atoms with E-state index in [1.807, 2.05) is 6.07 Å². The molecule has 0 unspecified atom stereocenters. The van der Waals surface area contributed by atoms with Gasteiger partial charge < -0.3 is 9.47 Å². The van der Waals surface area contributed by atoms with Crippen LogP contribution in [0.15, 0.2) is 84.9 Å². The molecule has 0 saturated carbocycles. The molecule has 178 valence electrons. The summed E-state index contributed by atoms with van der Waals surface area (Å²) in [5.74, 6) is -5.76. The summed E-state index contributed by atoms with van der Waals surface area (Å²) in [5, 5.41) is 3.06. The van der Waals surface area contributed by atoms with Crippen molar-refractivity contribution in [2.45, 2.75) is 0 Å². The SMILES string of the molecule is O=C(Oc1ccc2cc3ccc(OC(=O)c4ccc(F)c(F)c4)cc3cc2c1)c1ccc(F)c(F)c1. The van der Waals surface area contributed by atoms with Gasteiger partial charge in [-0.2, -0.15) is 0 Å². The molecule has 0 fully saturated rings. The summed E-state index contributed by atoms with van der Waals surface area (Å²) in [7, 11) is 0. The van der Waals surface area contributed by atoms with E-state index in [0.29, 0.717) is 10.8 Å². The minimum atomic E-state index is -1.16. The summed E-state index contributed by atoms with van der Waals surface area (Å²) in [6.45, 7) is 0. The summed E-state index contributed by atoms with van der Waals surface area (Å²) >= 11 is 0. The monoisotopic (exact) mass is 490 g/mol. The molecule has 4 nitrogen and oxygen atoms in total. The Kier molecular flexibility index (Phi) is 5.85. The van der Waals surface area contributed by atoms with Crippen LogP contribution in [-0.2, 0) is 0 Å². The number of esters is 2. The number of hydrogen-bond acceptors (Lipinski definition) is 4. The number of rotatable bonds is 4. The van der Waals surface area contributed by atoms with Gasteiger partial charge in [0.2, 0.25) is 0 Å². The lowest BCUT2D eigenvalue weighted by Gasteiger charge is -2.09. The maximum atomic E-state index is 13.4. The second-order valence-corrected chi connectivity index (χ2v) is 7.91. The highest BCUT2D eigenvalue weighted by molar-refractivity contribution is 6.00. The topological polar surface area (TPSA) is 52.6 Å². The lowest BCUT2D eigenvalue weighted by Crippen LogP contribution is -2.09. The lowest BCUT2D eigenvalue weighted by atomic mass is 10.0. The normalized spacial score (nSPS) is 11.0. The second-order valence-electron chi connectivity index (χ2n) is 7.91. The lowest BCUT2D eigenvalue weighted by molar-refractivity contribution is 0.0725. The second kappa shape index (κ2) is 9.14. The summed E-state index contributed by atoms with van der Waals surface area (Å²) in [4.78, 5) is 24.7. The van der Waals surface area contributed by atoms with Gasteiger partial charge in [-0.25, -0.2) is 27.2 Å². The van der Waals surface area contributed by atoms with Crippen molar-refractivity contribution in [2.24, 2.45) is 0 Å². The Morgan fingerprint density at radius 3 is 1.28 bits per heavy atom. The van der Waals surface area contributed by atoms with Crippen LogP contribution in [0, 0.1) is 23.3 Å². The molecule has 0 aromatic heterocycles. The Bertz CT molecular complexity index is 1560. The van der Waals surface area contributed by atoms with Crippen molar-refractivity contribution in [3.05, 3.63) is 119 Å². The smallest absolute Gasteiger partial charge is 0.343 e. The molecule has 5 rings (SSSR count). The van der Waals surface area contributed by atoms with Crippen LogP contribution < -0.4 is 9.47 Å². The van der Waals surface area contributed by atoms with Crippen LogP contribution in [0.3, 0.4) is 0 Å². The van der Waals surface area contributed by atoms with Crippen molar-refractivity contribution >= 4 is 33.5 Å². The Balaban J connectivity index is 1.40. The van der Waals surface area contributed by atoms with Gasteiger partial charge in [-0.3, -0.25) is 0 Å². The fourth-order valence-electron chi connectivity index (χ4n) is 3.66. The average Bonchev–Trinajstić information content (AvgIpc) is 2.86. The zero-order valence-electron chi connectivity index (χ0n) is 18.2. The molecule has 0 atom stereocenters. The van der Waals surface area contributed by atoms with Gasteiger partial charge in [0.1, 0.15) is 11.5 Å². The third kappa shape index (κ3) is 4.61. The van der Waals surface area contributed by atoms with E-state index in [9.17, 15) is 27.2 Å². The van der Waals surface area contributed by atoms with E-state index < -0.39 is 35.2 Å². The summed E-state index contributed by atoms with van der Waals surface area (Å²) in [5.41, 5.74) is -0.278. The Labute approximate surface area is 201 Å².